The Hall–Kier alpha value is -0.680. The monoisotopic (exact) mass is 340 g/mol. The fourth-order valence-corrected chi connectivity index (χ4v) is 3.78. The molecule has 2 N–H and O–H groups in total. The minimum atomic E-state index is -0.213. The summed E-state index contributed by atoms with van der Waals surface area (Å²) in [5, 5.41) is 13.5. The summed E-state index contributed by atoms with van der Waals surface area (Å²) in [6.45, 7) is 2.76. The van der Waals surface area contributed by atoms with Gasteiger partial charge in [0.05, 0.1) is 0 Å². The van der Waals surface area contributed by atoms with Crippen LogP contribution in [0.3, 0.4) is 0 Å². The van der Waals surface area contributed by atoms with Gasteiger partial charge in [0.25, 0.3) is 0 Å². The Bertz CT molecular complexity index is 495. The number of benzene rings is 1. The lowest BCUT2D eigenvalue weighted by atomic mass is 10.0. The average Bonchev–Trinajstić information content (AvgIpc) is 3.37. The number of halogens is 2. The summed E-state index contributed by atoms with van der Waals surface area (Å²) in [6.07, 6.45) is 5.59. The van der Waals surface area contributed by atoms with Crippen LogP contribution in [0.25, 0.3) is 0 Å². The molecule has 0 radical (unpaired) electrons. The van der Waals surface area contributed by atoms with E-state index in [9.17, 15) is 9.50 Å². The smallest absolute Gasteiger partial charge is 0.129 e. The Morgan fingerprint density at radius 2 is 2.00 bits per heavy atom. The normalized spacial score (nSPS) is 21.5. The molecule has 1 unspecified atom stereocenters. The van der Waals surface area contributed by atoms with E-state index in [2.05, 4.69) is 10.2 Å². The molecule has 1 saturated heterocycles. The van der Waals surface area contributed by atoms with E-state index in [4.69, 9.17) is 11.6 Å². The standard InChI is InChI=1S/C18H26ClFN2O/c19-16-2-1-3-17(20)15(16)12-22-9-6-14(7-10-22)21-18(8-11-23)13-4-5-13/h1-3,13-14,18,21,23H,4-12H2. The third kappa shape index (κ3) is 4.66. The molecule has 1 aromatic carbocycles. The van der Waals surface area contributed by atoms with E-state index >= 15 is 0 Å². The van der Waals surface area contributed by atoms with Crippen molar-refractivity contribution in [3.63, 3.8) is 0 Å². The van der Waals surface area contributed by atoms with Crippen LogP contribution in [-0.2, 0) is 6.54 Å². The number of hydrogen-bond donors (Lipinski definition) is 2. The van der Waals surface area contributed by atoms with E-state index in [1.165, 1.54) is 18.9 Å². The second-order valence-corrected chi connectivity index (χ2v) is 7.28. The lowest BCUT2D eigenvalue weighted by molar-refractivity contribution is 0.172. The van der Waals surface area contributed by atoms with E-state index in [0.717, 1.165) is 38.3 Å². The number of hydrogen-bond acceptors (Lipinski definition) is 3. The van der Waals surface area contributed by atoms with Crippen molar-refractivity contribution in [3.8, 4) is 0 Å². The number of aliphatic hydroxyl groups excluding tert-OH is 1. The van der Waals surface area contributed by atoms with Crippen LogP contribution in [0.5, 0.6) is 0 Å². The van der Waals surface area contributed by atoms with Crippen molar-refractivity contribution in [2.24, 2.45) is 5.92 Å². The molecule has 1 heterocycles. The van der Waals surface area contributed by atoms with Crippen molar-refractivity contribution in [2.75, 3.05) is 19.7 Å². The molecule has 23 heavy (non-hydrogen) atoms. The maximum Gasteiger partial charge on any atom is 0.129 e. The lowest BCUT2D eigenvalue weighted by Crippen LogP contribution is -2.47. The Balaban J connectivity index is 1.48. The number of aliphatic hydroxyl groups is 1. The zero-order valence-electron chi connectivity index (χ0n) is 13.5. The van der Waals surface area contributed by atoms with E-state index in [1.807, 2.05) is 0 Å². The second-order valence-electron chi connectivity index (χ2n) is 6.87. The highest BCUT2D eigenvalue weighted by Crippen LogP contribution is 2.34. The van der Waals surface area contributed by atoms with Gasteiger partial charge in [0.2, 0.25) is 0 Å². The van der Waals surface area contributed by atoms with Gasteiger partial charge in [-0.3, -0.25) is 4.90 Å². The van der Waals surface area contributed by atoms with Gasteiger partial charge < -0.3 is 10.4 Å². The first-order valence-electron chi connectivity index (χ1n) is 8.69. The van der Waals surface area contributed by atoms with E-state index in [-0.39, 0.29) is 12.4 Å². The SMILES string of the molecule is OCCC(NC1CCN(Cc2c(F)cccc2Cl)CC1)C1CC1. The molecule has 0 bridgehead atoms. The van der Waals surface area contributed by atoms with Gasteiger partial charge in [0.1, 0.15) is 5.82 Å². The fraction of sp³-hybridized carbons (Fsp3) is 0.667. The summed E-state index contributed by atoms with van der Waals surface area (Å²) in [4.78, 5) is 2.28. The van der Waals surface area contributed by atoms with Crippen molar-refractivity contribution < 1.29 is 9.50 Å². The molecule has 2 aliphatic rings. The highest BCUT2D eigenvalue weighted by molar-refractivity contribution is 6.31. The van der Waals surface area contributed by atoms with Crippen LogP contribution >= 0.6 is 11.6 Å². The van der Waals surface area contributed by atoms with Gasteiger partial charge in [0.15, 0.2) is 0 Å². The second kappa shape index (κ2) is 7.93. The predicted octanol–water partition coefficient (Wildman–Crippen LogP) is 3.19. The van der Waals surface area contributed by atoms with Crippen LogP contribution in [0.2, 0.25) is 5.02 Å². The van der Waals surface area contributed by atoms with Gasteiger partial charge >= 0.3 is 0 Å². The van der Waals surface area contributed by atoms with Gasteiger partial charge in [-0.2, -0.15) is 0 Å². The Labute approximate surface area is 142 Å². The molecule has 3 rings (SSSR count). The summed E-state index contributed by atoms with van der Waals surface area (Å²) in [6, 6.07) is 5.86. The van der Waals surface area contributed by atoms with Crippen LogP contribution < -0.4 is 5.32 Å². The van der Waals surface area contributed by atoms with Gasteiger partial charge in [0, 0.05) is 35.8 Å². The number of nitrogens with zero attached hydrogens (tertiary/aromatic N) is 1. The van der Waals surface area contributed by atoms with Gasteiger partial charge in [-0.25, -0.2) is 4.39 Å². The molecule has 1 aromatic rings. The number of likely N-dealkylation sites (tertiary alicyclic amines) is 1. The van der Waals surface area contributed by atoms with Crippen molar-refractivity contribution in [1.82, 2.24) is 10.2 Å². The van der Waals surface area contributed by atoms with Gasteiger partial charge in [-0.15, -0.1) is 0 Å². The minimum absolute atomic E-state index is 0.213. The van der Waals surface area contributed by atoms with Gasteiger partial charge in [-0.1, -0.05) is 17.7 Å². The molecular formula is C18H26ClFN2O. The third-order valence-electron chi connectivity index (χ3n) is 5.11. The summed E-state index contributed by atoms with van der Waals surface area (Å²) in [7, 11) is 0. The molecule has 3 nitrogen and oxygen atoms in total. The molecule has 128 valence electrons. The largest absolute Gasteiger partial charge is 0.396 e. The molecule has 0 spiro atoms. The summed E-state index contributed by atoms with van der Waals surface area (Å²) in [5.41, 5.74) is 0.608. The van der Waals surface area contributed by atoms with Crippen LogP contribution in [-0.4, -0.2) is 41.8 Å². The molecular weight excluding hydrogens is 315 g/mol. The first-order valence-corrected chi connectivity index (χ1v) is 9.07. The summed E-state index contributed by atoms with van der Waals surface area (Å²) < 4.78 is 13.9. The van der Waals surface area contributed by atoms with Crippen molar-refractivity contribution in [3.05, 3.63) is 34.6 Å². The maximum atomic E-state index is 13.9. The summed E-state index contributed by atoms with van der Waals surface area (Å²) >= 11 is 6.12. The van der Waals surface area contributed by atoms with Crippen LogP contribution in [0.15, 0.2) is 18.2 Å². The van der Waals surface area contributed by atoms with E-state index in [0.29, 0.717) is 29.2 Å². The number of piperidine rings is 1. The van der Waals surface area contributed by atoms with Crippen molar-refractivity contribution in [1.29, 1.82) is 0 Å². The summed E-state index contributed by atoms with van der Waals surface area (Å²) in [5.74, 6) is 0.548. The lowest BCUT2D eigenvalue weighted by Gasteiger charge is -2.35. The fourth-order valence-electron chi connectivity index (χ4n) is 3.56. The van der Waals surface area contributed by atoms with Crippen LogP contribution in [0, 0.1) is 11.7 Å². The van der Waals surface area contributed by atoms with Crippen LogP contribution in [0.4, 0.5) is 4.39 Å². The molecule has 1 atom stereocenters. The average molecular weight is 341 g/mol. The molecule has 1 aliphatic carbocycles. The van der Waals surface area contributed by atoms with Crippen LogP contribution in [0.1, 0.15) is 37.7 Å². The van der Waals surface area contributed by atoms with Gasteiger partial charge in [-0.05, 0) is 63.2 Å². The highest BCUT2D eigenvalue weighted by atomic mass is 35.5. The molecule has 1 saturated carbocycles. The number of rotatable bonds is 7. The predicted molar refractivity (Wildman–Crippen MR) is 91.1 cm³/mol. The molecule has 0 aromatic heterocycles. The van der Waals surface area contributed by atoms with Crippen molar-refractivity contribution >= 4 is 11.6 Å². The zero-order chi connectivity index (χ0) is 16.2. The maximum absolute atomic E-state index is 13.9. The molecule has 2 fully saturated rings. The molecule has 5 heteroatoms. The minimum Gasteiger partial charge on any atom is -0.396 e. The topological polar surface area (TPSA) is 35.5 Å². The van der Waals surface area contributed by atoms with E-state index in [1.54, 1.807) is 12.1 Å². The third-order valence-corrected chi connectivity index (χ3v) is 5.47. The zero-order valence-corrected chi connectivity index (χ0v) is 14.2. The Morgan fingerprint density at radius 1 is 1.26 bits per heavy atom. The first-order chi connectivity index (χ1) is 11.2. The Kier molecular flexibility index (Phi) is 5.91. The highest BCUT2D eigenvalue weighted by Gasteiger charge is 2.32. The number of nitrogens with one attached hydrogen (secondary N) is 1. The Morgan fingerprint density at radius 3 is 2.61 bits per heavy atom. The van der Waals surface area contributed by atoms with Crippen molar-refractivity contribution in [2.45, 2.75) is 50.7 Å². The quantitative estimate of drug-likeness (QED) is 0.800. The molecule has 1 aliphatic heterocycles. The molecule has 0 amide bonds. The van der Waals surface area contributed by atoms with E-state index < -0.39 is 0 Å². The first kappa shape index (κ1) is 17.2.